The molecule has 21 heavy (non-hydrogen) atoms. The lowest BCUT2D eigenvalue weighted by molar-refractivity contribution is 0.0784. The standard InChI is InChI=1S/C16H26N4O/c1-12(2)6-9-19-10-13-14(11-19)18(3)17-15(13)16(21)20-7-4-5-8-20/h12H,4-11H2,1-3H3. The van der Waals surface area contributed by atoms with Crippen LogP contribution in [0.4, 0.5) is 0 Å². The molecular weight excluding hydrogens is 264 g/mol. The molecule has 1 amide bonds. The lowest BCUT2D eigenvalue weighted by Gasteiger charge is -2.18. The SMILES string of the molecule is CC(C)CCN1Cc2c(C(=O)N3CCCC3)nn(C)c2C1. The topological polar surface area (TPSA) is 41.4 Å². The van der Waals surface area contributed by atoms with Crippen LogP contribution >= 0.6 is 0 Å². The van der Waals surface area contributed by atoms with E-state index in [4.69, 9.17) is 0 Å². The number of nitrogens with zero attached hydrogens (tertiary/aromatic N) is 4. The zero-order valence-electron chi connectivity index (χ0n) is 13.4. The minimum absolute atomic E-state index is 0.134. The second kappa shape index (κ2) is 5.79. The van der Waals surface area contributed by atoms with Gasteiger partial charge < -0.3 is 4.90 Å². The van der Waals surface area contributed by atoms with Crippen molar-refractivity contribution < 1.29 is 4.79 Å². The monoisotopic (exact) mass is 290 g/mol. The highest BCUT2D eigenvalue weighted by Gasteiger charge is 2.32. The minimum Gasteiger partial charge on any atom is -0.337 e. The van der Waals surface area contributed by atoms with Gasteiger partial charge in [0.1, 0.15) is 0 Å². The summed E-state index contributed by atoms with van der Waals surface area (Å²) in [4.78, 5) is 17.0. The second-order valence-electron chi connectivity index (χ2n) is 6.79. The molecule has 116 valence electrons. The maximum atomic E-state index is 12.6. The third-order valence-corrected chi connectivity index (χ3v) is 4.65. The van der Waals surface area contributed by atoms with Gasteiger partial charge in [0.2, 0.25) is 0 Å². The first-order valence-electron chi connectivity index (χ1n) is 8.12. The molecule has 0 unspecified atom stereocenters. The summed E-state index contributed by atoms with van der Waals surface area (Å²) < 4.78 is 1.91. The van der Waals surface area contributed by atoms with Crippen LogP contribution in [0.15, 0.2) is 0 Å². The third kappa shape index (κ3) is 2.84. The highest BCUT2D eigenvalue weighted by Crippen LogP contribution is 2.27. The third-order valence-electron chi connectivity index (χ3n) is 4.65. The van der Waals surface area contributed by atoms with Crippen LogP contribution in [-0.2, 0) is 20.1 Å². The van der Waals surface area contributed by atoms with Crippen molar-refractivity contribution in [3.8, 4) is 0 Å². The van der Waals surface area contributed by atoms with E-state index in [0.717, 1.165) is 57.0 Å². The van der Waals surface area contributed by atoms with Crippen LogP contribution in [0.1, 0.15) is 54.9 Å². The van der Waals surface area contributed by atoms with Crippen molar-refractivity contribution in [1.29, 1.82) is 0 Å². The number of carbonyl (C=O) groups is 1. The Morgan fingerprint density at radius 1 is 1.24 bits per heavy atom. The Hall–Kier alpha value is -1.36. The molecule has 0 N–H and O–H groups in total. The van der Waals surface area contributed by atoms with Gasteiger partial charge in [-0.2, -0.15) is 5.10 Å². The van der Waals surface area contributed by atoms with Crippen LogP contribution < -0.4 is 0 Å². The number of carbonyl (C=O) groups excluding carboxylic acids is 1. The van der Waals surface area contributed by atoms with Gasteiger partial charge in [0.15, 0.2) is 5.69 Å². The molecule has 0 aliphatic carbocycles. The van der Waals surface area contributed by atoms with Crippen molar-refractivity contribution in [2.75, 3.05) is 19.6 Å². The number of amides is 1. The number of rotatable bonds is 4. The molecule has 0 aromatic carbocycles. The van der Waals surface area contributed by atoms with E-state index in [1.807, 2.05) is 16.6 Å². The van der Waals surface area contributed by atoms with E-state index >= 15 is 0 Å². The molecule has 0 bridgehead atoms. The smallest absolute Gasteiger partial charge is 0.274 e. The van der Waals surface area contributed by atoms with E-state index in [9.17, 15) is 4.79 Å². The fourth-order valence-electron chi connectivity index (χ4n) is 3.30. The van der Waals surface area contributed by atoms with Crippen LogP contribution in [-0.4, -0.2) is 45.1 Å². The van der Waals surface area contributed by atoms with Gasteiger partial charge in [0.25, 0.3) is 5.91 Å². The van der Waals surface area contributed by atoms with Crippen LogP contribution in [0.2, 0.25) is 0 Å². The summed E-state index contributed by atoms with van der Waals surface area (Å²) in [6.45, 7) is 9.20. The van der Waals surface area contributed by atoms with Gasteiger partial charge >= 0.3 is 0 Å². The van der Waals surface area contributed by atoms with Crippen molar-refractivity contribution in [1.82, 2.24) is 19.6 Å². The quantitative estimate of drug-likeness (QED) is 0.852. The summed E-state index contributed by atoms with van der Waals surface area (Å²) in [5.74, 6) is 0.854. The fourth-order valence-corrected chi connectivity index (χ4v) is 3.30. The van der Waals surface area contributed by atoms with E-state index in [0.29, 0.717) is 5.69 Å². The number of aromatic nitrogens is 2. The van der Waals surface area contributed by atoms with Crippen LogP contribution in [0.25, 0.3) is 0 Å². The largest absolute Gasteiger partial charge is 0.337 e. The molecule has 1 aromatic heterocycles. The molecule has 0 radical (unpaired) electrons. The van der Waals surface area contributed by atoms with Crippen molar-refractivity contribution >= 4 is 5.91 Å². The van der Waals surface area contributed by atoms with Crippen molar-refractivity contribution in [2.24, 2.45) is 13.0 Å². The highest BCUT2D eigenvalue weighted by molar-refractivity contribution is 5.94. The van der Waals surface area contributed by atoms with Crippen molar-refractivity contribution in [3.63, 3.8) is 0 Å². The second-order valence-corrected chi connectivity index (χ2v) is 6.79. The number of hydrogen-bond acceptors (Lipinski definition) is 3. The summed E-state index contributed by atoms with van der Waals surface area (Å²) in [6.07, 6.45) is 3.46. The van der Waals surface area contributed by atoms with E-state index in [1.165, 1.54) is 12.1 Å². The first-order valence-corrected chi connectivity index (χ1v) is 8.12. The normalized spacial score (nSPS) is 18.8. The zero-order chi connectivity index (χ0) is 15.0. The number of fused-ring (bicyclic) bond motifs is 1. The van der Waals surface area contributed by atoms with Crippen LogP contribution in [0.5, 0.6) is 0 Å². The predicted molar refractivity (Wildman–Crippen MR) is 81.9 cm³/mol. The van der Waals surface area contributed by atoms with Gasteiger partial charge in [-0.3, -0.25) is 14.4 Å². The first kappa shape index (κ1) is 14.6. The van der Waals surface area contributed by atoms with Gasteiger partial charge in [-0.15, -0.1) is 0 Å². The lowest BCUT2D eigenvalue weighted by atomic mass is 10.1. The number of hydrogen-bond donors (Lipinski definition) is 0. The molecule has 5 nitrogen and oxygen atoms in total. The minimum atomic E-state index is 0.134. The molecule has 1 saturated heterocycles. The number of likely N-dealkylation sites (tertiary alicyclic amines) is 1. The molecule has 0 atom stereocenters. The molecule has 1 fully saturated rings. The fraction of sp³-hybridized carbons (Fsp3) is 0.750. The molecule has 0 saturated carbocycles. The maximum Gasteiger partial charge on any atom is 0.274 e. The molecule has 2 aliphatic heterocycles. The van der Waals surface area contributed by atoms with Crippen LogP contribution in [0.3, 0.4) is 0 Å². The predicted octanol–water partition coefficient (Wildman–Crippen LogP) is 2.02. The zero-order valence-corrected chi connectivity index (χ0v) is 13.4. The Balaban J connectivity index is 1.74. The van der Waals surface area contributed by atoms with E-state index in [-0.39, 0.29) is 5.91 Å². The summed E-state index contributed by atoms with van der Waals surface area (Å²) in [5.41, 5.74) is 3.08. The molecule has 0 spiro atoms. The Morgan fingerprint density at radius 3 is 2.62 bits per heavy atom. The average molecular weight is 290 g/mol. The lowest BCUT2D eigenvalue weighted by Crippen LogP contribution is -2.29. The van der Waals surface area contributed by atoms with Gasteiger partial charge in [-0.25, -0.2) is 0 Å². The van der Waals surface area contributed by atoms with Crippen molar-refractivity contribution in [3.05, 3.63) is 17.0 Å². The summed E-state index contributed by atoms with van der Waals surface area (Å²) in [7, 11) is 1.96. The Labute approximate surface area is 126 Å². The molecule has 2 aliphatic rings. The van der Waals surface area contributed by atoms with Crippen LogP contribution in [0, 0.1) is 5.92 Å². The highest BCUT2D eigenvalue weighted by atomic mass is 16.2. The van der Waals surface area contributed by atoms with E-state index < -0.39 is 0 Å². The summed E-state index contributed by atoms with van der Waals surface area (Å²) >= 11 is 0. The van der Waals surface area contributed by atoms with Gasteiger partial charge in [-0.1, -0.05) is 13.8 Å². The molecular formula is C16H26N4O. The Kier molecular flexibility index (Phi) is 4.02. The van der Waals surface area contributed by atoms with Gasteiger partial charge in [0.05, 0.1) is 5.69 Å². The molecule has 3 rings (SSSR count). The van der Waals surface area contributed by atoms with Gasteiger partial charge in [-0.05, 0) is 31.7 Å². The van der Waals surface area contributed by atoms with Gasteiger partial charge in [0, 0.05) is 38.8 Å². The van der Waals surface area contributed by atoms with E-state index in [1.54, 1.807) is 0 Å². The molecule has 3 heterocycles. The summed E-state index contributed by atoms with van der Waals surface area (Å²) in [5, 5.41) is 4.51. The van der Waals surface area contributed by atoms with E-state index in [2.05, 4.69) is 23.8 Å². The Bertz CT molecular complexity index is 529. The molecule has 5 heteroatoms. The Morgan fingerprint density at radius 2 is 1.95 bits per heavy atom. The summed E-state index contributed by atoms with van der Waals surface area (Å²) in [6, 6.07) is 0. The molecule has 1 aromatic rings. The number of aryl methyl sites for hydroxylation is 1. The first-order chi connectivity index (χ1) is 10.1. The average Bonchev–Trinajstić information content (AvgIpc) is 3.13. The van der Waals surface area contributed by atoms with Crippen molar-refractivity contribution in [2.45, 2.75) is 46.2 Å². The maximum absolute atomic E-state index is 12.6.